The van der Waals surface area contributed by atoms with E-state index in [1.807, 2.05) is 24.3 Å². The third-order valence-electron chi connectivity index (χ3n) is 2.50. The Kier molecular flexibility index (Phi) is 3.15. The van der Waals surface area contributed by atoms with E-state index in [1.165, 1.54) is 23.6 Å². The largest absolute Gasteiger partial charge is 0.298 e. The van der Waals surface area contributed by atoms with E-state index in [1.54, 1.807) is 6.07 Å². The molecule has 3 rings (SSSR count). The zero-order valence-electron chi connectivity index (χ0n) is 9.63. The van der Waals surface area contributed by atoms with Gasteiger partial charge in [0.15, 0.2) is 5.13 Å². The lowest BCUT2D eigenvalue weighted by Gasteiger charge is -2.00. The van der Waals surface area contributed by atoms with Gasteiger partial charge in [0.1, 0.15) is 5.15 Å². The number of pyridine rings is 1. The van der Waals surface area contributed by atoms with Gasteiger partial charge in [-0.05, 0) is 24.3 Å². The Morgan fingerprint density at radius 3 is 2.89 bits per heavy atom. The van der Waals surface area contributed by atoms with E-state index >= 15 is 0 Å². The van der Waals surface area contributed by atoms with E-state index in [9.17, 15) is 4.79 Å². The number of anilines is 1. The molecule has 0 bridgehead atoms. The number of halogens is 1. The zero-order chi connectivity index (χ0) is 13.2. The van der Waals surface area contributed by atoms with Crippen LogP contribution in [0.4, 0.5) is 5.13 Å². The van der Waals surface area contributed by atoms with Gasteiger partial charge in [0.25, 0.3) is 5.91 Å². The molecular formula is C13H8ClN3OS. The van der Waals surface area contributed by atoms with Crippen LogP contribution in [0.1, 0.15) is 10.4 Å². The minimum absolute atomic E-state index is 0.247. The molecule has 1 amide bonds. The maximum absolute atomic E-state index is 12.0. The average Bonchev–Trinajstić information content (AvgIpc) is 2.80. The molecular weight excluding hydrogens is 282 g/mol. The Morgan fingerprint density at radius 2 is 2.11 bits per heavy atom. The predicted octanol–water partition coefficient (Wildman–Crippen LogP) is 3.60. The summed E-state index contributed by atoms with van der Waals surface area (Å²) in [4.78, 5) is 20.2. The first kappa shape index (κ1) is 12.1. The average molecular weight is 290 g/mol. The van der Waals surface area contributed by atoms with Crippen molar-refractivity contribution in [3.8, 4) is 0 Å². The summed E-state index contributed by atoms with van der Waals surface area (Å²) in [6.45, 7) is 0. The van der Waals surface area contributed by atoms with Crippen molar-refractivity contribution in [3.05, 3.63) is 53.3 Å². The number of thiazole rings is 1. The van der Waals surface area contributed by atoms with Crippen molar-refractivity contribution in [2.45, 2.75) is 0 Å². The summed E-state index contributed by atoms with van der Waals surface area (Å²) in [6.07, 6.45) is 1.50. The Hall–Kier alpha value is -1.98. The fourth-order valence-electron chi connectivity index (χ4n) is 1.64. The number of nitrogens with zero attached hydrogens (tertiary/aromatic N) is 2. The first-order valence-electron chi connectivity index (χ1n) is 5.51. The molecule has 4 nitrogen and oxygen atoms in total. The number of para-hydroxylation sites is 1. The molecule has 0 radical (unpaired) electrons. The second-order valence-corrected chi connectivity index (χ2v) is 5.23. The summed E-state index contributed by atoms with van der Waals surface area (Å²) >= 11 is 7.18. The molecule has 94 valence electrons. The Labute approximate surface area is 118 Å². The molecule has 19 heavy (non-hydrogen) atoms. The molecule has 2 heterocycles. The number of carbonyl (C=O) groups is 1. The first-order chi connectivity index (χ1) is 9.22. The van der Waals surface area contributed by atoms with Gasteiger partial charge in [0.2, 0.25) is 0 Å². The highest BCUT2D eigenvalue weighted by Gasteiger charge is 2.10. The van der Waals surface area contributed by atoms with Crippen molar-refractivity contribution in [3.63, 3.8) is 0 Å². The number of nitrogens with one attached hydrogen (secondary N) is 1. The molecule has 0 saturated heterocycles. The quantitative estimate of drug-likeness (QED) is 0.733. The lowest BCUT2D eigenvalue weighted by Crippen LogP contribution is -2.11. The van der Waals surface area contributed by atoms with Gasteiger partial charge in [-0.25, -0.2) is 9.97 Å². The molecule has 6 heteroatoms. The van der Waals surface area contributed by atoms with Crippen LogP contribution in [0.2, 0.25) is 5.15 Å². The summed E-state index contributed by atoms with van der Waals surface area (Å²) in [6, 6.07) is 10.8. The Morgan fingerprint density at radius 1 is 1.26 bits per heavy atom. The van der Waals surface area contributed by atoms with Gasteiger partial charge in [-0.3, -0.25) is 10.1 Å². The molecule has 0 fully saturated rings. The molecule has 0 atom stereocenters. The van der Waals surface area contributed by atoms with Gasteiger partial charge < -0.3 is 0 Å². The second-order valence-electron chi connectivity index (χ2n) is 3.81. The van der Waals surface area contributed by atoms with Crippen LogP contribution >= 0.6 is 22.9 Å². The standard InChI is InChI=1S/C13H8ClN3OS/c14-11-7-8(5-6-15-11)12(18)17-13-16-9-3-1-2-4-10(9)19-13/h1-7H,(H,16,17,18). The molecule has 1 aromatic carbocycles. The molecule has 0 aliphatic heterocycles. The van der Waals surface area contributed by atoms with E-state index < -0.39 is 0 Å². The third-order valence-corrected chi connectivity index (χ3v) is 3.66. The number of carbonyl (C=O) groups excluding carboxylic acids is 1. The van der Waals surface area contributed by atoms with E-state index in [0.29, 0.717) is 10.7 Å². The third kappa shape index (κ3) is 2.57. The van der Waals surface area contributed by atoms with Crippen molar-refractivity contribution in [1.29, 1.82) is 0 Å². The van der Waals surface area contributed by atoms with Crippen LogP contribution in [0.5, 0.6) is 0 Å². The highest BCUT2D eigenvalue weighted by molar-refractivity contribution is 7.22. The number of benzene rings is 1. The normalized spacial score (nSPS) is 10.6. The van der Waals surface area contributed by atoms with Crippen molar-refractivity contribution < 1.29 is 4.79 Å². The zero-order valence-corrected chi connectivity index (χ0v) is 11.2. The van der Waals surface area contributed by atoms with Gasteiger partial charge in [-0.15, -0.1) is 0 Å². The molecule has 0 unspecified atom stereocenters. The first-order valence-corrected chi connectivity index (χ1v) is 6.70. The molecule has 0 spiro atoms. The maximum Gasteiger partial charge on any atom is 0.257 e. The van der Waals surface area contributed by atoms with Crippen LogP contribution < -0.4 is 5.32 Å². The van der Waals surface area contributed by atoms with Gasteiger partial charge in [0.05, 0.1) is 10.2 Å². The molecule has 0 aliphatic carbocycles. The van der Waals surface area contributed by atoms with Crippen LogP contribution in [0.25, 0.3) is 10.2 Å². The van der Waals surface area contributed by atoms with E-state index in [2.05, 4.69) is 15.3 Å². The number of hydrogen-bond donors (Lipinski definition) is 1. The van der Waals surface area contributed by atoms with Crippen molar-refractivity contribution >= 4 is 44.2 Å². The smallest absolute Gasteiger partial charge is 0.257 e. The van der Waals surface area contributed by atoms with Gasteiger partial charge >= 0.3 is 0 Å². The maximum atomic E-state index is 12.0. The minimum Gasteiger partial charge on any atom is -0.298 e. The van der Waals surface area contributed by atoms with Gasteiger partial charge in [0, 0.05) is 11.8 Å². The second kappa shape index (κ2) is 4.95. The molecule has 3 aromatic rings. The number of amides is 1. The number of fused-ring (bicyclic) bond motifs is 1. The van der Waals surface area contributed by atoms with Crippen molar-refractivity contribution in [2.75, 3.05) is 5.32 Å². The molecule has 1 N–H and O–H groups in total. The lowest BCUT2D eigenvalue weighted by atomic mass is 10.2. The van der Waals surface area contributed by atoms with Crippen LogP contribution in [0.15, 0.2) is 42.6 Å². The van der Waals surface area contributed by atoms with E-state index in [0.717, 1.165) is 10.2 Å². The summed E-state index contributed by atoms with van der Waals surface area (Å²) in [5, 5.41) is 3.61. The van der Waals surface area contributed by atoms with Crippen LogP contribution in [0.3, 0.4) is 0 Å². The lowest BCUT2D eigenvalue weighted by molar-refractivity contribution is 0.102. The summed E-state index contributed by atoms with van der Waals surface area (Å²) < 4.78 is 1.03. The SMILES string of the molecule is O=C(Nc1nc2ccccc2s1)c1ccnc(Cl)c1. The predicted molar refractivity (Wildman–Crippen MR) is 76.8 cm³/mol. The van der Waals surface area contributed by atoms with Gasteiger partial charge in [-0.1, -0.05) is 35.1 Å². The monoisotopic (exact) mass is 289 g/mol. The molecule has 0 saturated carbocycles. The van der Waals surface area contributed by atoms with Crippen molar-refractivity contribution in [2.24, 2.45) is 0 Å². The van der Waals surface area contributed by atoms with E-state index in [-0.39, 0.29) is 11.1 Å². The summed E-state index contributed by atoms with van der Waals surface area (Å²) in [5.41, 5.74) is 1.33. The fourth-order valence-corrected chi connectivity index (χ4v) is 2.67. The van der Waals surface area contributed by atoms with Crippen molar-refractivity contribution in [1.82, 2.24) is 9.97 Å². The minimum atomic E-state index is -0.247. The summed E-state index contributed by atoms with van der Waals surface area (Å²) in [5.74, 6) is -0.247. The topological polar surface area (TPSA) is 54.9 Å². The van der Waals surface area contributed by atoms with Crippen LogP contribution in [0, 0.1) is 0 Å². The van der Waals surface area contributed by atoms with Gasteiger partial charge in [-0.2, -0.15) is 0 Å². The molecule has 0 aliphatic rings. The number of hydrogen-bond acceptors (Lipinski definition) is 4. The van der Waals surface area contributed by atoms with Crippen LogP contribution in [-0.4, -0.2) is 15.9 Å². The highest BCUT2D eigenvalue weighted by atomic mass is 35.5. The Balaban J connectivity index is 1.86. The summed E-state index contributed by atoms with van der Waals surface area (Å²) in [7, 11) is 0. The van der Waals surface area contributed by atoms with E-state index in [4.69, 9.17) is 11.6 Å². The number of rotatable bonds is 2. The van der Waals surface area contributed by atoms with Crippen LogP contribution in [-0.2, 0) is 0 Å². The molecule has 2 aromatic heterocycles. The fraction of sp³-hybridized carbons (Fsp3) is 0. The number of aromatic nitrogens is 2. The highest BCUT2D eigenvalue weighted by Crippen LogP contribution is 2.25. The Bertz CT molecular complexity index is 723.